The molecule has 1 aliphatic heterocycles. The fraction of sp³-hybridized carbons (Fsp3) is 0.0769. The summed E-state index contributed by atoms with van der Waals surface area (Å²) in [6.45, 7) is 2.19. The third-order valence-corrected chi connectivity index (χ3v) is 7.14. The predicted octanol–water partition coefficient (Wildman–Crippen LogP) is 6.82. The van der Waals surface area contributed by atoms with E-state index in [1.165, 1.54) is 48.7 Å². The highest BCUT2D eigenvalue weighted by atomic mass is 32.2. The maximum atomic E-state index is 2.35. The Morgan fingerprint density at radius 3 is 1.81 bits per heavy atom. The first kappa shape index (κ1) is 15.3. The molecule has 1 heteroatoms. The molecule has 1 spiro atoms. The van der Waals surface area contributed by atoms with Gasteiger partial charge in [0, 0.05) is 9.79 Å². The van der Waals surface area contributed by atoms with Crippen LogP contribution in [-0.4, -0.2) is 0 Å². The number of aryl methyl sites for hydroxylation is 1. The molecule has 4 aromatic carbocycles. The molecule has 0 unspecified atom stereocenters. The molecule has 1 aliphatic carbocycles. The Hall–Kier alpha value is -2.77. The van der Waals surface area contributed by atoms with E-state index in [2.05, 4.69) is 97.9 Å². The molecule has 0 saturated heterocycles. The summed E-state index contributed by atoms with van der Waals surface area (Å²) in [6, 6.07) is 33.8. The van der Waals surface area contributed by atoms with Crippen LogP contribution in [0.1, 0.15) is 27.8 Å². The Bertz CT molecular complexity index is 1170. The van der Waals surface area contributed by atoms with Crippen LogP contribution in [0, 0.1) is 6.92 Å². The van der Waals surface area contributed by atoms with E-state index in [1.54, 1.807) is 0 Å². The molecule has 0 amide bonds. The summed E-state index contributed by atoms with van der Waals surface area (Å²) >= 11 is 1.91. The van der Waals surface area contributed by atoms with Gasteiger partial charge in [-0.15, -0.1) is 0 Å². The highest BCUT2D eigenvalue weighted by molar-refractivity contribution is 7.99. The minimum atomic E-state index is -0.224. The van der Waals surface area contributed by atoms with Crippen LogP contribution in [-0.2, 0) is 5.41 Å². The van der Waals surface area contributed by atoms with E-state index in [0.717, 1.165) is 0 Å². The molecule has 0 nitrogen and oxygen atoms in total. The molecule has 6 rings (SSSR count). The molecule has 2 aliphatic rings. The molecule has 4 aromatic rings. The molecule has 27 heavy (non-hydrogen) atoms. The first-order valence-corrected chi connectivity index (χ1v) is 10.2. The van der Waals surface area contributed by atoms with Gasteiger partial charge in [-0.3, -0.25) is 0 Å². The fourth-order valence-electron chi connectivity index (χ4n) is 4.97. The molecule has 0 saturated carbocycles. The lowest BCUT2D eigenvalue weighted by atomic mass is 9.67. The Balaban J connectivity index is 1.85. The minimum absolute atomic E-state index is 0.224. The van der Waals surface area contributed by atoms with Crippen LogP contribution in [0.2, 0.25) is 0 Å². The molecule has 0 aromatic heterocycles. The third-order valence-electron chi connectivity index (χ3n) is 6.00. The average Bonchev–Trinajstić information content (AvgIpc) is 3.00. The summed E-state index contributed by atoms with van der Waals surface area (Å²) in [4.78, 5) is 2.74. The smallest absolute Gasteiger partial charge is 0.0735 e. The molecule has 128 valence electrons. The van der Waals surface area contributed by atoms with Crippen molar-refractivity contribution in [3.8, 4) is 11.1 Å². The van der Waals surface area contributed by atoms with Gasteiger partial charge in [0.15, 0.2) is 0 Å². The van der Waals surface area contributed by atoms with Crippen LogP contribution < -0.4 is 0 Å². The van der Waals surface area contributed by atoms with Gasteiger partial charge in [-0.2, -0.15) is 0 Å². The van der Waals surface area contributed by atoms with Crippen molar-refractivity contribution in [2.75, 3.05) is 0 Å². The first-order valence-electron chi connectivity index (χ1n) is 9.38. The lowest BCUT2D eigenvalue weighted by molar-refractivity contribution is 0.721. The monoisotopic (exact) mass is 362 g/mol. The van der Waals surface area contributed by atoms with E-state index in [0.29, 0.717) is 0 Å². The molecular formula is C26H18S. The Kier molecular flexibility index (Phi) is 3.04. The third kappa shape index (κ3) is 1.85. The highest BCUT2D eigenvalue weighted by Gasteiger charge is 2.49. The highest BCUT2D eigenvalue weighted by Crippen LogP contribution is 2.61. The molecule has 0 radical (unpaired) electrons. The van der Waals surface area contributed by atoms with Gasteiger partial charge in [-0.1, -0.05) is 90.6 Å². The largest absolute Gasteiger partial charge is 0.0894 e. The van der Waals surface area contributed by atoms with Crippen molar-refractivity contribution in [3.63, 3.8) is 0 Å². The van der Waals surface area contributed by atoms with Gasteiger partial charge >= 0.3 is 0 Å². The number of fused-ring (bicyclic) bond motifs is 9. The van der Waals surface area contributed by atoms with Crippen molar-refractivity contribution < 1.29 is 0 Å². The van der Waals surface area contributed by atoms with Gasteiger partial charge in [0.05, 0.1) is 5.41 Å². The number of hydrogen-bond donors (Lipinski definition) is 0. The van der Waals surface area contributed by atoms with Gasteiger partial charge in [0.1, 0.15) is 0 Å². The van der Waals surface area contributed by atoms with Gasteiger partial charge in [-0.25, -0.2) is 0 Å². The van der Waals surface area contributed by atoms with E-state index in [1.807, 2.05) is 11.8 Å². The summed E-state index contributed by atoms with van der Waals surface area (Å²) in [5.74, 6) is 0. The van der Waals surface area contributed by atoms with Gasteiger partial charge in [0.25, 0.3) is 0 Å². The van der Waals surface area contributed by atoms with Crippen molar-refractivity contribution in [3.05, 3.63) is 119 Å². The Morgan fingerprint density at radius 2 is 1.11 bits per heavy atom. The zero-order valence-corrected chi connectivity index (χ0v) is 15.9. The van der Waals surface area contributed by atoms with Crippen LogP contribution >= 0.6 is 11.8 Å². The van der Waals surface area contributed by atoms with Gasteiger partial charge < -0.3 is 0 Å². The lowest BCUT2D eigenvalue weighted by Crippen LogP contribution is -2.31. The number of benzene rings is 4. The molecule has 0 atom stereocenters. The zero-order chi connectivity index (χ0) is 18.0. The van der Waals surface area contributed by atoms with Crippen molar-refractivity contribution in [2.24, 2.45) is 0 Å². The van der Waals surface area contributed by atoms with Crippen LogP contribution in [0.5, 0.6) is 0 Å². The maximum absolute atomic E-state index is 2.35. The van der Waals surface area contributed by atoms with Crippen LogP contribution in [0.4, 0.5) is 0 Å². The summed E-state index contributed by atoms with van der Waals surface area (Å²) in [5.41, 5.74) is 9.45. The second kappa shape index (κ2) is 5.37. The van der Waals surface area contributed by atoms with Gasteiger partial charge in [0.2, 0.25) is 0 Å². The average molecular weight is 362 g/mol. The summed E-state index contributed by atoms with van der Waals surface area (Å²) in [5, 5.41) is 0. The van der Waals surface area contributed by atoms with Crippen LogP contribution in [0.3, 0.4) is 0 Å². The molecule has 1 heterocycles. The van der Waals surface area contributed by atoms with Crippen molar-refractivity contribution in [1.82, 2.24) is 0 Å². The van der Waals surface area contributed by atoms with Gasteiger partial charge in [-0.05, 0) is 58.0 Å². The van der Waals surface area contributed by atoms with E-state index in [4.69, 9.17) is 0 Å². The lowest BCUT2D eigenvalue weighted by Gasteiger charge is -2.39. The van der Waals surface area contributed by atoms with Crippen molar-refractivity contribution in [1.29, 1.82) is 0 Å². The molecular weight excluding hydrogens is 344 g/mol. The zero-order valence-electron chi connectivity index (χ0n) is 15.1. The summed E-state index contributed by atoms with van der Waals surface area (Å²) < 4.78 is 0. The van der Waals surface area contributed by atoms with Crippen LogP contribution in [0.15, 0.2) is 101 Å². The number of hydrogen-bond acceptors (Lipinski definition) is 1. The van der Waals surface area contributed by atoms with Crippen LogP contribution in [0.25, 0.3) is 11.1 Å². The van der Waals surface area contributed by atoms with E-state index in [-0.39, 0.29) is 5.41 Å². The molecule has 0 bridgehead atoms. The topological polar surface area (TPSA) is 0 Å². The quantitative estimate of drug-likeness (QED) is 0.285. The molecule has 0 fully saturated rings. The normalized spacial score (nSPS) is 15.0. The summed E-state index contributed by atoms with van der Waals surface area (Å²) in [7, 11) is 0. The Morgan fingerprint density at radius 1 is 0.556 bits per heavy atom. The SMILES string of the molecule is Cc1ccc2c(c1)Sc1ccccc1C21c2ccccc2-c2ccccc21. The first-order chi connectivity index (χ1) is 13.3. The van der Waals surface area contributed by atoms with Crippen molar-refractivity contribution >= 4 is 11.8 Å². The Labute approximate surface area is 163 Å². The minimum Gasteiger partial charge on any atom is -0.0894 e. The fourth-order valence-corrected chi connectivity index (χ4v) is 6.26. The van der Waals surface area contributed by atoms with E-state index < -0.39 is 0 Å². The van der Waals surface area contributed by atoms with E-state index in [9.17, 15) is 0 Å². The maximum Gasteiger partial charge on any atom is 0.0735 e. The molecule has 0 N–H and O–H groups in total. The standard InChI is InChI=1S/C26H18S/c1-17-14-15-23-25(16-17)27-24-13-7-6-12-22(24)26(23)20-10-4-2-8-18(20)19-9-3-5-11-21(19)26/h2-16H,1H3. The predicted molar refractivity (Wildman–Crippen MR) is 113 cm³/mol. The second-order valence-electron chi connectivity index (χ2n) is 7.44. The second-order valence-corrected chi connectivity index (χ2v) is 8.52. The van der Waals surface area contributed by atoms with E-state index >= 15 is 0 Å². The number of rotatable bonds is 0. The van der Waals surface area contributed by atoms with Crippen molar-refractivity contribution in [2.45, 2.75) is 22.1 Å². The summed E-state index contributed by atoms with van der Waals surface area (Å²) in [6.07, 6.45) is 0.